The van der Waals surface area contributed by atoms with E-state index < -0.39 is 0 Å². The van der Waals surface area contributed by atoms with Crippen LogP contribution in [-0.2, 0) is 0 Å². The highest BCUT2D eigenvalue weighted by Gasteiger charge is 2.23. The van der Waals surface area contributed by atoms with E-state index in [4.69, 9.17) is 0 Å². The molecule has 2 aliphatic carbocycles. The summed E-state index contributed by atoms with van der Waals surface area (Å²) >= 11 is 0. The van der Waals surface area contributed by atoms with Crippen LogP contribution in [0.15, 0.2) is 36.4 Å². The minimum atomic E-state index is 0.0525. The molecule has 1 unspecified atom stereocenters. The highest BCUT2D eigenvalue weighted by Crippen LogP contribution is 2.21. The van der Waals surface area contributed by atoms with Gasteiger partial charge in [-0.3, -0.25) is 4.79 Å². The summed E-state index contributed by atoms with van der Waals surface area (Å²) in [5.74, 6) is 0.765. The van der Waals surface area contributed by atoms with Gasteiger partial charge in [-0.1, -0.05) is 18.2 Å². The number of anilines is 1. The maximum atomic E-state index is 12.0. The average molecular weight is 270 g/mol. The molecule has 0 radical (unpaired) electrons. The molecule has 1 aromatic carbocycles. The van der Waals surface area contributed by atoms with Crippen molar-refractivity contribution in [3.8, 4) is 0 Å². The fourth-order valence-electron chi connectivity index (χ4n) is 2.57. The van der Waals surface area contributed by atoms with Gasteiger partial charge in [0.15, 0.2) is 0 Å². The van der Waals surface area contributed by atoms with Gasteiger partial charge >= 0.3 is 0 Å². The fraction of sp³-hybridized carbons (Fsp3) is 0.471. The topological polar surface area (TPSA) is 41.1 Å². The Labute approximate surface area is 120 Å². The first-order chi connectivity index (χ1) is 9.81. The molecule has 106 valence electrons. The average Bonchev–Trinajstić information content (AvgIpc) is 3.30. The van der Waals surface area contributed by atoms with Crippen molar-refractivity contribution in [2.45, 2.75) is 38.1 Å². The van der Waals surface area contributed by atoms with Crippen LogP contribution < -0.4 is 10.6 Å². The number of hydrogen-bond acceptors (Lipinski definition) is 2. The van der Waals surface area contributed by atoms with Crippen LogP contribution in [0.4, 0.5) is 5.69 Å². The molecule has 0 aliphatic heterocycles. The van der Waals surface area contributed by atoms with E-state index in [-0.39, 0.29) is 5.91 Å². The number of amides is 1. The number of nitrogens with one attached hydrogen (secondary N) is 2. The Balaban J connectivity index is 1.55. The number of carbonyl (C=O) groups is 1. The summed E-state index contributed by atoms with van der Waals surface area (Å²) in [7, 11) is 0. The monoisotopic (exact) mass is 270 g/mol. The molecule has 1 amide bonds. The molecule has 2 aliphatic rings. The molecule has 2 N–H and O–H groups in total. The molecule has 0 saturated heterocycles. The lowest BCUT2D eigenvalue weighted by Crippen LogP contribution is -2.25. The molecule has 0 spiro atoms. The van der Waals surface area contributed by atoms with Crippen molar-refractivity contribution >= 4 is 11.6 Å². The summed E-state index contributed by atoms with van der Waals surface area (Å²) in [4.78, 5) is 12.0. The van der Waals surface area contributed by atoms with Gasteiger partial charge in [-0.2, -0.15) is 0 Å². The summed E-state index contributed by atoms with van der Waals surface area (Å²) < 4.78 is 0. The largest absolute Gasteiger partial charge is 0.385 e. The lowest BCUT2D eigenvalue weighted by Gasteiger charge is -2.19. The summed E-state index contributed by atoms with van der Waals surface area (Å²) in [5.41, 5.74) is 1.80. The molecule has 1 atom stereocenters. The van der Waals surface area contributed by atoms with Gasteiger partial charge in [-0.05, 0) is 56.2 Å². The molecule has 3 heteroatoms. The highest BCUT2D eigenvalue weighted by atomic mass is 16.1. The first-order valence-electron chi connectivity index (χ1n) is 7.61. The first kappa shape index (κ1) is 13.2. The smallest absolute Gasteiger partial charge is 0.251 e. The zero-order valence-electron chi connectivity index (χ0n) is 11.8. The van der Waals surface area contributed by atoms with Crippen LogP contribution in [0, 0.1) is 5.92 Å². The Bertz CT molecular complexity index is 505. The summed E-state index contributed by atoms with van der Waals surface area (Å²) in [6.07, 6.45) is 10.4. The predicted molar refractivity (Wildman–Crippen MR) is 81.9 cm³/mol. The van der Waals surface area contributed by atoms with Crippen molar-refractivity contribution < 1.29 is 4.79 Å². The third-order valence-electron chi connectivity index (χ3n) is 4.01. The number of rotatable bonds is 5. The Morgan fingerprint density at radius 1 is 1.20 bits per heavy atom. The Kier molecular flexibility index (Phi) is 4.05. The second-order valence-electron chi connectivity index (χ2n) is 5.86. The van der Waals surface area contributed by atoms with E-state index in [9.17, 15) is 4.79 Å². The van der Waals surface area contributed by atoms with Gasteiger partial charge in [0, 0.05) is 23.8 Å². The summed E-state index contributed by atoms with van der Waals surface area (Å²) in [6, 6.07) is 8.23. The van der Waals surface area contributed by atoms with Gasteiger partial charge in [0.25, 0.3) is 5.91 Å². The van der Waals surface area contributed by atoms with E-state index in [0.29, 0.717) is 12.0 Å². The molecule has 3 rings (SSSR count). The van der Waals surface area contributed by atoms with E-state index in [0.717, 1.165) is 37.1 Å². The lowest BCUT2D eigenvalue weighted by atomic mass is 9.94. The van der Waals surface area contributed by atoms with E-state index in [2.05, 4.69) is 22.8 Å². The van der Waals surface area contributed by atoms with Crippen LogP contribution in [0.1, 0.15) is 42.5 Å². The molecular formula is C17H22N2O. The van der Waals surface area contributed by atoms with E-state index in [1.165, 1.54) is 12.8 Å². The molecular weight excluding hydrogens is 248 g/mol. The minimum absolute atomic E-state index is 0.0525. The van der Waals surface area contributed by atoms with Gasteiger partial charge in [-0.25, -0.2) is 0 Å². The van der Waals surface area contributed by atoms with Crippen LogP contribution in [0.3, 0.4) is 0 Å². The maximum absolute atomic E-state index is 12.0. The van der Waals surface area contributed by atoms with E-state index in [1.54, 1.807) is 0 Å². The molecule has 1 aromatic rings. The van der Waals surface area contributed by atoms with Crippen LogP contribution in [0.5, 0.6) is 0 Å². The standard InChI is InChI=1S/C17H22N2O/c20-17(19-15-9-10-15)14-7-4-8-16(11-14)18-12-13-5-2-1-3-6-13/h1-2,4,7-8,11,13,15,18H,3,5-6,9-10,12H2,(H,19,20). The molecule has 1 fully saturated rings. The lowest BCUT2D eigenvalue weighted by molar-refractivity contribution is 0.0951. The molecule has 3 nitrogen and oxygen atoms in total. The highest BCUT2D eigenvalue weighted by molar-refractivity contribution is 5.95. The van der Waals surface area contributed by atoms with Crippen molar-refractivity contribution in [1.82, 2.24) is 5.32 Å². The molecule has 0 heterocycles. The number of allylic oxidation sites excluding steroid dienone is 2. The summed E-state index contributed by atoms with van der Waals surface area (Å²) in [6.45, 7) is 0.984. The van der Waals surface area contributed by atoms with Crippen LogP contribution >= 0.6 is 0 Å². The zero-order valence-corrected chi connectivity index (χ0v) is 11.8. The molecule has 0 bridgehead atoms. The quantitative estimate of drug-likeness (QED) is 0.806. The van der Waals surface area contributed by atoms with Gasteiger partial charge in [0.1, 0.15) is 0 Å². The molecule has 0 aromatic heterocycles. The summed E-state index contributed by atoms with van der Waals surface area (Å²) in [5, 5.41) is 6.49. The number of benzene rings is 1. The Hall–Kier alpha value is -1.77. The van der Waals surface area contributed by atoms with Gasteiger partial charge in [-0.15, -0.1) is 0 Å². The Morgan fingerprint density at radius 3 is 2.85 bits per heavy atom. The fourth-order valence-corrected chi connectivity index (χ4v) is 2.57. The van der Waals surface area contributed by atoms with Gasteiger partial charge < -0.3 is 10.6 Å². The van der Waals surface area contributed by atoms with Crippen LogP contribution in [-0.4, -0.2) is 18.5 Å². The van der Waals surface area contributed by atoms with Crippen LogP contribution in [0.2, 0.25) is 0 Å². The van der Waals surface area contributed by atoms with Gasteiger partial charge in [0.2, 0.25) is 0 Å². The van der Waals surface area contributed by atoms with Crippen molar-refractivity contribution in [2.24, 2.45) is 5.92 Å². The SMILES string of the molecule is O=C(NC1CC1)c1cccc(NCC2CC=CCC2)c1. The molecule has 1 saturated carbocycles. The van der Waals surface area contributed by atoms with Crippen molar-refractivity contribution in [1.29, 1.82) is 0 Å². The zero-order chi connectivity index (χ0) is 13.8. The predicted octanol–water partition coefficient (Wildman–Crippen LogP) is 3.35. The van der Waals surface area contributed by atoms with Crippen molar-refractivity contribution in [3.63, 3.8) is 0 Å². The van der Waals surface area contributed by atoms with E-state index >= 15 is 0 Å². The second-order valence-corrected chi connectivity index (χ2v) is 5.86. The Morgan fingerprint density at radius 2 is 2.10 bits per heavy atom. The van der Waals surface area contributed by atoms with Gasteiger partial charge in [0.05, 0.1) is 0 Å². The minimum Gasteiger partial charge on any atom is -0.385 e. The third kappa shape index (κ3) is 3.62. The third-order valence-corrected chi connectivity index (χ3v) is 4.01. The van der Waals surface area contributed by atoms with Crippen molar-refractivity contribution in [3.05, 3.63) is 42.0 Å². The normalized spacial score (nSPS) is 21.5. The van der Waals surface area contributed by atoms with E-state index in [1.807, 2.05) is 24.3 Å². The van der Waals surface area contributed by atoms with Crippen LogP contribution in [0.25, 0.3) is 0 Å². The first-order valence-corrected chi connectivity index (χ1v) is 7.61. The number of carbonyl (C=O) groups excluding carboxylic acids is 1. The second kappa shape index (κ2) is 6.12. The van der Waals surface area contributed by atoms with Crippen molar-refractivity contribution in [2.75, 3.05) is 11.9 Å². The maximum Gasteiger partial charge on any atom is 0.251 e. The number of hydrogen-bond donors (Lipinski definition) is 2. The molecule has 20 heavy (non-hydrogen) atoms.